The topological polar surface area (TPSA) is 41.5 Å². The van der Waals surface area contributed by atoms with Crippen LogP contribution in [-0.4, -0.2) is 37.5 Å². The Balaban J connectivity index is 3.82. The highest BCUT2D eigenvalue weighted by atomic mass is 16.5. The van der Waals surface area contributed by atoms with Crippen molar-refractivity contribution in [3.63, 3.8) is 0 Å². The molecule has 0 aliphatic carbocycles. The summed E-state index contributed by atoms with van der Waals surface area (Å²) < 4.78 is 4.91. The summed E-state index contributed by atoms with van der Waals surface area (Å²) in [4.78, 5) is 0. The van der Waals surface area contributed by atoms with E-state index >= 15 is 0 Å². The fourth-order valence-corrected chi connectivity index (χ4v) is 2.13. The minimum absolute atomic E-state index is 0.341. The molecule has 0 heterocycles. The first kappa shape index (κ1) is 16.9. The number of nitrogens with one attached hydrogen (secondary N) is 1. The Kier molecular flexibility index (Phi) is 9.79. The standard InChI is InChI=1S/C14H31NO2/c1-11(2)8-13(9-12(3)4)15-7-6-14(16)10-17-5/h11-16H,6-10H2,1-5H3. The Hall–Kier alpha value is -0.120. The fraction of sp³-hybridized carbons (Fsp3) is 1.00. The van der Waals surface area contributed by atoms with Crippen molar-refractivity contribution in [1.82, 2.24) is 5.32 Å². The molecule has 0 radical (unpaired) electrons. The summed E-state index contributed by atoms with van der Waals surface area (Å²) in [5.41, 5.74) is 0. The van der Waals surface area contributed by atoms with Gasteiger partial charge in [0.05, 0.1) is 12.7 Å². The van der Waals surface area contributed by atoms with Gasteiger partial charge >= 0.3 is 0 Å². The van der Waals surface area contributed by atoms with Crippen molar-refractivity contribution in [3.05, 3.63) is 0 Å². The van der Waals surface area contributed by atoms with Crippen molar-refractivity contribution in [2.24, 2.45) is 11.8 Å². The SMILES string of the molecule is COCC(O)CCNC(CC(C)C)CC(C)C. The van der Waals surface area contributed by atoms with Gasteiger partial charge in [-0.3, -0.25) is 0 Å². The lowest BCUT2D eigenvalue weighted by Crippen LogP contribution is -2.34. The lowest BCUT2D eigenvalue weighted by atomic mass is 9.95. The molecule has 2 N–H and O–H groups in total. The van der Waals surface area contributed by atoms with Crippen LogP contribution >= 0.6 is 0 Å². The molecule has 104 valence electrons. The highest BCUT2D eigenvalue weighted by molar-refractivity contribution is 4.71. The van der Waals surface area contributed by atoms with Gasteiger partial charge in [-0.05, 0) is 37.6 Å². The fourth-order valence-electron chi connectivity index (χ4n) is 2.13. The van der Waals surface area contributed by atoms with E-state index in [0.717, 1.165) is 24.8 Å². The molecule has 3 heteroatoms. The lowest BCUT2D eigenvalue weighted by molar-refractivity contribution is 0.0587. The zero-order valence-electron chi connectivity index (χ0n) is 12.2. The molecule has 1 unspecified atom stereocenters. The maximum atomic E-state index is 9.56. The number of rotatable bonds is 10. The Morgan fingerprint density at radius 3 is 2.00 bits per heavy atom. The van der Waals surface area contributed by atoms with Gasteiger partial charge in [-0.1, -0.05) is 27.7 Å². The maximum absolute atomic E-state index is 9.56. The predicted octanol–water partition coefficient (Wildman–Crippen LogP) is 2.43. The van der Waals surface area contributed by atoms with Gasteiger partial charge in [-0.2, -0.15) is 0 Å². The zero-order chi connectivity index (χ0) is 13.3. The summed E-state index contributed by atoms with van der Waals surface area (Å²) in [5, 5.41) is 13.1. The number of aliphatic hydroxyl groups excluding tert-OH is 1. The molecular weight excluding hydrogens is 214 g/mol. The summed E-state index contributed by atoms with van der Waals surface area (Å²) in [6, 6.07) is 0.574. The highest BCUT2D eigenvalue weighted by Gasteiger charge is 2.12. The van der Waals surface area contributed by atoms with E-state index in [1.165, 1.54) is 12.8 Å². The van der Waals surface area contributed by atoms with Crippen LogP contribution in [0.25, 0.3) is 0 Å². The minimum Gasteiger partial charge on any atom is -0.391 e. The van der Waals surface area contributed by atoms with Crippen molar-refractivity contribution in [3.8, 4) is 0 Å². The van der Waals surface area contributed by atoms with E-state index in [0.29, 0.717) is 12.6 Å². The van der Waals surface area contributed by atoms with Gasteiger partial charge in [0.1, 0.15) is 0 Å². The normalized spacial score (nSPS) is 13.9. The van der Waals surface area contributed by atoms with E-state index in [1.807, 2.05) is 0 Å². The number of ether oxygens (including phenoxy) is 1. The summed E-state index contributed by atoms with van der Waals surface area (Å²) in [5.74, 6) is 1.44. The quantitative estimate of drug-likeness (QED) is 0.621. The van der Waals surface area contributed by atoms with E-state index in [2.05, 4.69) is 33.0 Å². The monoisotopic (exact) mass is 245 g/mol. The van der Waals surface area contributed by atoms with E-state index in [9.17, 15) is 5.11 Å². The molecule has 0 bridgehead atoms. The Labute approximate surface area is 107 Å². The Bertz CT molecular complexity index is 162. The van der Waals surface area contributed by atoms with Gasteiger partial charge in [-0.25, -0.2) is 0 Å². The van der Waals surface area contributed by atoms with E-state index in [-0.39, 0.29) is 6.10 Å². The van der Waals surface area contributed by atoms with Gasteiger partial charge in [0.15, 0.2) is 0 Å². The third-order valence-corrected chi connectivity index (χ3v) is 2.78. The average Bonchev–Trinajstić information content (AvgIpc) is 2.15. The van der Waals surface area contributed by atoms with Gasteiger partial charge in [0, 0.05) is 13.2 Å². The number of aliphatic hydroxyl groups is 1. The molecule has 0 rings (SSSR count). The van der Waals surface area contributed by atoms with Crippen LogP contribution in [0.2, 0.25) is 0 Å². The first-order chi connectivity index (χ1) is 7.95. The predicted molar refractivity (Wildman–Crippen MR) is 73.2 cm³/mol. The number of methoxy groups -OCH3 is 1. The van der Waals surface area contributed by atoms with Crippen molar-refractivity contribution in [1.29, 1.82) is 0 Å². The molecule has 0 spiro atoms. The minimum atomic E-state index is -0.341. The second-order valence-corrected chi connectivity index (χ2v) is 5.81. The molecule has 0 aliphatic rings. The zero-order valence-corrected chi connectivity index (χ0v) is 12.2. The average molecular weight is 245 g/mol. The molecule has 0 aliphatic heterocycles. The van der Waals surface area contributed by atoms with Crippen LogP contribution in [-0.2, 0) is 4.74 Å². The molecule has 1 atom stereocenters. The van der Waals surface area contributed by atoms with Gasteiger partial charge in [0.2, 0.25) is 0 Å². The first-order valence-corrected chi connectivity index (χ1v) is 6.86. The molecule has 17 heavy (non-hydrogen) atoms. The molecule has 0 fully saturated rings. The highest BCUT2D eigenvalue weighted by Crippen LogP contribution is 2.13. The van der Waals surface area contributed by atoms with Crippen LogP contribution in [0.15, 0.2) is 0 Å². The van der Waals surface area contributed by atoms with Crippen molar-refractivity contribution < 1.29 is 9.84 Å². The summed E-state index contributed by atoms with van der Waals surface area (Å²) in [6.07, 6.45) is 2.84. The van der Waals surface area contributed by atoms with Crippen LogP contribution in [0.4, 0.5) is 0 Å². The van der Waals surface area contributed by atoms with Gasteiger partial charge < -0.3 is 15.2 Å². The Morgan fingerprint density at radius 2 is 1.59 bits per heavy atom. The molecule has 0 amide bonds. The summed E-state index contributed by atoms with van der Waals surface area (Å²) in [6.45, 7) is 10.3. The van der Waals surface area contributed by atoms with Crippen LogP contribution in [0.1, 0.15) is 47.0 Å². The largest absolute Gasteiger partial charge is 0.391 e. The van der Waals surface area contributed by atoms with Gasteiger partial charge in [0.25, 0.3) is 0 Å². The second kappa shape index (κ2) is 9.86. The summed E-state index contributed by atoms with van der Waals surface area (Å²) in [7, 11) is 1.62. The maximum Gasteiger partial charge on any atom is 0.0785 e. The van der Waals surface area contributed by atoms with E-state index < -0.39 is 0 Å². The van der Waals surface area contributed by atoms with Gasteiger partial charge in [-0.15, -0.1) is 0 Å². The molecule has 0 saturated carbocycles. The number of hydrogen-bond acceptors (Lipinski definition) is 3. The smallest absolute Gasteiger partial charge is 0.0785 e. The first-order valence-electron chi connectivity index (χ1n) is 6.86. The van der Waals surface area contributed by atoms with Crippen LogP contribution in [0.3, 0.4) is 0 Å². The third-order valence-electron chi connectivity index (χ3n) is 2.78. The van der Waals surface area contributed by atoms with Crippen LogP contribution < -0.4 is 5.32 Å². The van der Waals surface area contributed by atoms with Crippen LogP contribution in [0.5, 0.6) is 0 Å². The number of hydrogen-bond donors (Lipinski definition) is 2. The summed E-state index contributed by atoms with van der Waals surface area (Å²) >= 11 is 0. The van der Waals surface area contributed by atoms with Crippen molar-refractivity contribution in [2.45, 2.75) is 59.1 Å². The molecule has 0 saturated heterocycles. The lowest BCUT2D eigenvalue weighted by Gasteiger charge is -2.23. The second-order valence-electron chi connectivity index (χ2n) is 5.81. The molecule has 3 nitrogen and oxygen atoms in total. The third kappa shape index (κ3) is 10.7. The molecule has 0 aromatic carbocycles. The van der Waals surface area contributed by atoms with Crippen molar-refractivity contribution in [2.75, 3.05) is 20.3 Å². The Morgan fingerprint density at radius 1 is 1.06 bits per heavy atom. The van der Waals surface area contributed by atoms with Crippen LogP contribution in [0, 0.1) is 11.8 Å². The van der Waals surface area contributed by atoms with E-state index in [4.69, 9.17) is 4.74 Å². The van der Waals surface area contributed by atoms with E-state index in [1.54, 1.807) is 7.11 Å². The van der Waals surface area contributed by atoms with Crippen molar-refractivity contribution >= 4 is 0 Å². The molecule has 0 aromatic heterocycles. The molecular formula is C14H31NO2. The molecule has 0 aromatic rings.